The summed E-state index contributed by atoms with van der Waals surface area (Å²) < 4.78 is 43.3. The molecule has 122 valence electrons. The molecule has 2 aromatic rings. The molecule has 0 aliphatic rings. The van der Waals surface area contributed by atoms with E-state index in [0.29, 0.717) is 17.1 Å². The van der Waals surface area contributed by atoms with Crippen molar-refractivity contribution in [2.75, 3.05) is 0 Å². The largest absolute Gasteiger partial charge is 0.466 e. The first kappa shape index (κ1) is 16.8. The Labute approximate surface area is 131 Å². The highest BCUT2D eigenvalue weighted by molar-refractivity contribution is 6.01. The second-order valence-electron chi connectivity index (χ2n) is 5.04. The van der Waals surface area contributed by atoms with Gasteiger partial charge in [0.25, 0.3) is 5.91 Å². The van der Waals surface area contributed by atoms with Gasteiger partial charge in [-0.1, -0.05) is 12.1 Å². The maximum Gasteiger partial charge on any atom is 0.416 e. The van der Waals surface area contributed by atoms with Gasteiger partial charge in [0.05, 0.1) is 16.8 Å². The lowest BCUT2D eigenvalue weighted by molar-refractivity contribution is -0.137. The van der Waals surface area contributed by atoms with Crippen LogP contribution in [0.5, 0.6) is 0 Å². The molecule has 23 heavy (non-hydrogen) atoms. The van der Waals surface area contributed by atoms with E-state index in [1.165, 1.54) is 19.1 Å². The summed E-state index contributed by atoms with van der Waals surface area (Å²) in [5.41, 5.74) is 2.43. The van der Waals surface area contributed by atoms with E-state index in [0.717, 1.165) is 12.1 Å². The van der Waals surface area contributed by atoms with E-state index in [4.69, 9.17) is 4.42 Å². The number of hydrogen-bond donors (Lipinski definition) is 1. The molecule has 4 nitrogen and oxygen atoms in total. The highest BCUT2D eigenvalue weighted by Crippen LogP contribution is 2.29. The minimum Gasteiger partial charge on any atom is -0.466 e. The minimum absolute atomic E-state index is 0.266. The van der Waals surface area contributed by atoms with Gasteiger partial charge in [-0.2, -0.15) is 18.3 Å². The molecular formula is C16H15F3N2O2. The first-order valence-corrected chi connectivity index (χ1v) is 6.78. The van der Waals surface area contributed by atoms with E-state index < -0.39 is 17.6 Å². The summed E-state index contributed by atoms with van der Waals surface area (Å²) in [6.07, 6.45) is -4.43. The Morgan fingerprint density at radius 3 is 2.48 bits per heavy atom. The number of hydrazone groups is 1. The standard InChI is InChI=1S/C16H15F3N2O2/c1-9-7-14(11(3)23-9)15(22)21-20-10(2)12-5-4-6-13(8-12)16(17,18)19/h4-8H,1-3H3,(H,21,22)/b20-10-. The number of benzene rings is 1. The van der Waals surface area contributed by atoms with E-state index in [-0.39, 0.29) is 11.3 Å². The summed E-state index contributed by atoms with van der Waals surface area (Å²) in [5.74, 6) is 0.559. The Kier molecular flexibility index (Phi) is 4.58. The lowest BCUT2D eigenvalue weighted by Gasteiger charge is -2.08. The van der Waals surface area contributed by atoms with Crippen molar-refractivity contribution in [1.82, 2.24) is 5.43 Å². The van der Waals surface area contributed by atoms with E-state index in [1.54, 1.807) is 19.9 Å². The quantitative estimate of drug-likeness (QED) is 0.683. The van der Waals surface area contributed by atoms with Crippen molar-refractivity contribution in [3.8, 4) is 0 Å². The average Bonchev–Trinajstić information content (AvgIpc) is 2.82. The number of alkyl halides is 3. The Balaban J connectivity index is 2.17. The first-order valence-electron chi connectivity index (χ1n) is 6.78. The number of hydrogen-bond acceptors (Lipinski definition) is 3. The molecule has 0 atom stereocenters. The molecule has 1 aromatic carbocycles. The summed E-state index contributed by atoms with van der Waals surface area (Å²) in [6, 6.07) is 6.32. The summed E-state index contributed by atoms with van der Waals surface area (Å²) >= 11 is 0. The molecule has 7 heteroatoms. The maximum absolute atomic E-state index is 12.7. The van der Waals surface area contributed by atoms with Crippen molar-refractivity contribution in [3.63, 3.8) is 0 Å². The maximum atomic E-state index is 12.7. The van der Waals surface area contributed by atoms with Crippen LogP contribution < -0.4 is 5.43 Å². The number of carbonyl (C=O) groups excluding carboxylic acids is 1. The van der Waals surface area contributed by atoms with E-state index >= 15 is 0 Å². The van der Waals surface area contributed by atoms with Gasteiger partial charge in [-0.05, 0) is 44.5 Å². The van der Waals surface area contributed by atoms with Gasteiger partial charge in [-0.3, -0.25) is 4.79 Å². The molecule has 0 saturated carbocycles. The summed E-state index contributed by atoms with van der Waals surface area (Å²) in [6.45, 7) is 4.87. The third kappa shape index (κ3) is 4.00. The lowest BCUT2D eigenvalue weighted by atomic mass is 10.1. The molecule has 0 bridgehead atoms. The number of furan rings is 1. The molecular weight excluding hydrogens is 309 g/mol. The van der Waals surface area contributed by atoms with E-state index in [9.17, 15) is 18.0 Å². The number of aryl methyl sites for hydroxylation is 2. The molecule has 0 saturated heterocycles. The topological polar surface area (TPSA) is 54.6 Å². The second-order valence-corrected chi connectivity index (χ2v) is 5.04. The molecule has 0 aliphatic carbocycles. The number of amides is 1. The van der Waals surface area contributed by atoms with Crippen LogP contribution in [0.1, 0.15) is 39.9 Å². The Bertz CT molecular complexity index is 761. The Morgan fingerprint density at radius 2 is 1.91 bits per heavy atom. The minimum atomic E-state index is -4.43. The van der Waals surface area contributed by atoms with Crippen LogP contribution in [0.15, 0.2) is 39.9 Å². The smallest absolute Gasteiger partial charge is 0.416 e. The van der Waals surface area contributed by atoms with Crippen LogP contribution in [0.3, 0.4) is 0 Å². The third-order valence-corrected chi connectivity index (χ3v) is 3.22. The number of nitrogens with zero attached hydrogens (tertiary/aromatic N) is 1. The summed E-state index contributed by atoms with van der Waals surface area (Å²) in [4.78, 5) is 12.0. The van der Waals surface area contributed by atoms with Crippen LogP contribution in [-0.2, 0) is 6.18 Å². The highest BCUT2D eigenvalue weighted by Gasteiger charge is 2.30. The fourth-order valence-electron chi connectivity index (χ4n) is 2.04. The highest BCUT2D eigenvalue weighted by atomic mass is 19.4. The molecule has 0 radical (unpaired) electrons. The third-order valence-electron chi connectivity index (χ3n) is 3.22. The molecule has 1 aromatic heterocycles. The summed E-state index contributed by atoms with van der Waals surface area (Å²) in [5, 5.41) is 3.85. The SMILES string of the molecule is C/C(=N/NC(=O)c1cc(C)oc1C)c1cccc(C(F)(F)F)c1. The van der Waals surface area contributed by atoms with Gasteiger partial charge in [-0.25, -0.2) is 5.43 Å². The van der Waals surface area contributed by atoms with Crippen molar-refractivity contribution in [3.05, 3.63) is 58.5 Å². The monoisotopic (exact) mass is 324 g/mol. The molecule has 0 aliphatic heterocycles. The number of halogens is 3. The Hall–Kier alpha value is -2.57. The average molecular weight is 324 g/mol. The predicted molar refractivity (Wildman–Crippen MR) is 79.3 cm³/mol. The van der Waals surface area contributed by atoms with Gasteiger partial charge in [-0.15, -0.1) is 0 Å². The molecule has 1 N–H and O–H groups in total. The zero-order chi connectivity index (χ0) is 17.2. The van der Waals surface area contributed by atoms with E-state index in [1.807, 2.05) is 0 Å². The molecule has 0 spiro atoms. The Morgan fingerprint density at radius 1 is 1.22 bits per heavy atom. The first-order chi connectivity index (χ1) is 10.7. The van der Waals surface area contributed by atoms with Crippen LogP contribution in [0, 0.1) is 13.8 Å². The van der Waals surface area contributed by atoms with E-state index in [2.05, 4.69) is 10.5 Å². The number of rotatable bonds is 3. The molecule has 0 unspecified atom stereocenters. The van der Waals surface area contributed by atoms with Gasteiger partial charge in [0, 0.05) is 0 Å². The van der Waals surface area contributed by atoms with Crippen molar-refractivity contribution >= 4 is 11.6 Å². The molecule has 0 fully saturated rings. The van der Waals surface area contributed by atoms with Crippen molar-refractivity contribution in [2.45, 2.75) is 26.9 Å². The molecule has 2 rings (SSSR count). The number of nitrogens with one attached hydrogen (secondary N) is 1. The van der Waals surface area contributed by atoms with Crippen LogP contribution in [0.25, 0.3) is 0 Å². The molecule has 1 amide bonds. The molecule has 1 heterocycles. The van der Waals surface area contributed by atoms with Crippen LogP contribution in [0.4, 0.5) is 13.2 Å². The summed E-state index contributed by atoms with van der Waals surface area (Å²) in [7, 11) is 0. The van der Waals surface area contributed by atoms with Crippen molar-refractivity contribution in [1.29, 1.82) is 0 Å². The van der Waals surface area contributed by atoms with Gasteiger partial charge in [0.1, 0.15) is 11.5 Å². The zero-order valence-corrected chi connectivity index (χ0v) is 12.8. The normalized spacial score (nSPS) is 12.3. The van der Waals surface area contributed by atoms with Gasteiger partial charge >= 0.3 is 6.18 Å². The number of carbonyl (C=O) groups is 1. The lowest BCUT2D eigenvalue weighted by Crippen LogP contribution is -2.19. The van der Waals surface area contributed by atoms with Crippen molar-refractivity contribution in [2.24, 2.45) is 5.10 Å². The van der Waals surface area contributed by atoms with Gasteiger partial charge in [0.15, 0.2) is 0 Å². The van der Waals surface area contributed by atoms with Crippen molar-refractivity contribution < 1.29 is 22.4 Å². The predicted octanol–water partition coefficient (Wildman–Crippen LogP) is 4.07. The fraction of sp³-hybridized carbons (Fsp3) is 0.250. The zero-order valence-electron chi connectivity index (χ0n) is 12.8. The van der Waals surface area contributed by atoms with Crippen LogP contribution in [-0.4, -0.2) is 11.6 Å². The fourth-order valence-corrected chi connectivity index (χ4v) is 2.04. The second kappa shape index (κ2) is 6.28. The van der Waals surface area contributed by atoms with Crippen LogP contribution >= 0.6 is 0 Å². The van der Waals surface area contributed by atoms with Crippen LogP contribution in [0.2, 0.25) is 0 Å². The van der Waals surface area contributed by atoms with Gasteiger partial charge < -0.3 is 4.42 Å². The van der Waals surface area contributed by atoms with Gasteiger partial charge in [0.2, 0.25) is 0 Å².